The first-order valence-corrected chi connectivity index (χ1v) is 6.97. The van der Waals surface area contributed by atoms with Gasteiger partial charge in [0.2, 0.25) is 0 Å². The molecule has 1 amide bonds. The quantitative estimate of drug-likeness (QED) is 0.812. The van der Waals surface area contributed by atoms with Gasteiger partial charge < -0.3 is 5.32 Å². The molecule has 0 aliphatic carbocycles. The van der Waals surface area contributed by atoms with Crippen molar-refractivity contribution in [2.75, 3.05) is 11.8 Å². The molecule has 0 saturated carbocycles. The third-order valence-electron chi connectivity index (χ3n) is 3.04. The second-order valence-electron chi connectivity index (χ2n) is 4.40. The molecule has 2 nitrogen and oxygen atoms in total. The fourth-order valence-electron chi connectivity index (χ4n) is 1.62. The minimum atomic E-state index is -4.59. The zero-order chi connectivity index (χ0) is 15.4. The Morgan fingerprint density at radius 3 is 2.20 bits per heavy atom. The van der Waals surface area contributed by atoms with Crippen LogP contribution in [0.4, 0.5) is 13.2 Å². The van der Waals surface area contributed by atoms with Crippen LogP contribution in [0.2, 0.25) is 0 Å². The first-order valence-electron chi connectivity index (χ1n) is 5.90. The summed E-state index contributed by atoms with van der Waals surface area (Å²) < 4.78 is 38.6. The van der Waals surface area contributed by atoms with Crippen molar-refractivity contribution in [3.05, 3.63) is 35.4 Å². The number of hydrogen-bond acceptors (Lipinski definition) is 1. The number of alkyl halides is 5. The molecule has 1 aromatic carbocycles. The Balaban J connectivity index is 3.11. The average Bonchev–Trinajstić information content (AvgIpc) is 2.44. The predicted octanol–water partition coefficient (Wildman–Crippen LogP) is 4.06. The minimum absolute atomic E-state index is 0.0208. The standard InChI is InChI=1S/C13H14Cl2F3NO/c1-2-12(7-14,8-15)19-11(20)9-5-3-4-6-10(9)13(16,17)18/h3-6H,2,7-8H2,1H3,(H,19,20). The summed E-state index contributed by atoms with van der Waals surface area (Å²) in [5.41, 5.74) is -2.33. The van der Waals surface area contributed by atoms with Crippen molar-refractivity contribution in [3.63, 3.8) is 0 Å². The zero-order valence-electron chi connectivity index (χ0n) is 10.7. The highest BCUT2D eigenvalue weighted by Crippen LogP contribution is 2.32. The van der Waals surface area contributed by atoms with Gasteiger partial charge in [-0.25, -0.2) is 0 Å². The van der Waals surface area contributed by atoms with Crippen molar-refractivity contribution >= 4 is 29.1 Å². The summed E-state index contributed by atoms with van der Waals surface area (Å²) in [7, 11) is 0. The lowest BCUT2D eigenvalue weighted by molar-refractivity contribution is -0.137. The molecular formula is C13H14Cl2F3NO. The first-order chi connectivity index (χ1) is 9.29. The minimum Gasteiger partial charge on any atom is -0.344 e. The van der Waals surface area contributed by atoms with Gasteiger partial charge in [-0.2, -0.15) is 13.2 Å². The number of hydrogen-bond donors (Lipinski definition) is 1. The number of halogens is 5. The van der Waals surface area contributed by atoms with E-state index in [2.05, 4.69) is 5.32 Å². The van der Waals surface area contributed by atoms with E-state index in [0.717, 1.165) is 12.1 Å². The van der Waals surface area contributed by atoms with Crippen LogP contribution in [0, 0.1) is 0 Å². The molecule has 0 saturated heterocycles. The normalized spacial score (nSPS) is 12.3. The molecule has 1 N–H and O–H groups in total. The lowest BCUT2D eigenvalue weighted by atomic mass is 9.99. The Morgan fingerprint density at radius 1 is 1.20 bits per heavy atom. The van der Waals surface area contributed by atoms with E-state index in [0.29, 0.717) is 6.42 Å². The fourth-order valence-corrected chi connectivity index (χ4v) is 2.41. The number of amides is 1. The van der Waals surface area contributed by atoms with Crippen LogP contribution in [0.5, 0.6) is 0 Å². The summed E-state index contributed by atoms with van der Waals surface area (Å²) in [6, 6.07) is 4.60. The molecular weight excluding hydrogens is 314 g/mol. The lowest BCUT2D eigenvalue weighted by Crippen LogP contribution is -2.51. The topological polar surface area (TPSA) is 29.1 Å². The van der Waals surface area contributed by atoms with Gasteiger partial charge in [0, 0.05) is 11.8 Å². The van der Waals surface area contributed by atoms with Crippen LogP contribution >= 0.6 is 23.2 Å². The third kappa shape index (κ3) is 3.79. The maximum absolute atomic E-state index is 12.9. The van der Waals surface area contributed by atoms with Gasteiger partial charge in [0.25, 0.3) is 5.91 Å². The Morgan fingerprint density at radius 2 is 1.75 bits per heavy atom. The Labute approximate surface area is 125 Å². The second-order valence-corrected chi connectivity index (χ2v) is 4.93. The van der Waals surface area contributed by atoms with E-state index < -0.39 is 28.7 Å². The number of rotatable bonds is 5. The molecule has 0 radical (unpaired) electrons. The van der Waals surface area contributed by atoms with Crippen molar-refractivity contribution in [1.82, 2.24) is 5.32 Å². The summed E-state index contributed by atoms with van der Waals surface area (Å²) in [4.78, 5) is 12.1. The summed E-state index contributed by atoms with van der Waals surface area (Å²) in [6.07, 6.45) is -4.18. The zero-order valence-corrected chi connectivity index (χ0v) is 12.2. The van der Waals surface area contributed by atoms with E-state index in [4.69, 9.17) is 23.2 Å². The second kappa shape index (κ2) is 6.68. The molecule has 0 unspecified atom stereocenters. The van der Waals surface area contributed by atoms with Crippen molar-refractivity contribution in [1.29, 1.82) is 0 Å². The van der Waals surface area contributed by atoms with E-state index in [9.17, 15) is 18.0 Å². The van der Waals surface area contributed by atoms with Gasteiger partial charge in [0.1, 0.15) is 0 Å². The van der Waals surface area contributed by atoms with Crippen LogP contribution in [0.1, 0.15) is 29.3 Å². The van der Waals surface area contributed by atoms with Gasteiger partial charge in [0.15, 0.2) is 0 Å². The van der Waals surface area contributed by atoms with Gasteiger partial charge in [0.05, 0.1) is 16.7 Å². The van der Waals surface area contributed by atoms with Gasteiger partial charge in [-0.3, -0.25) is 4.79 Å². The van der Waals surface area contributed by atoms with Gasteiger partial charge >= 0.3 is 6.18 Å². The predicted molar refractivity (Wildman–Crippen MR) is 73.4 cm³/mol. The van der Waals surface area contributed by atoms with E-state index >= 15 is 0 Å². The Bertz CT molecular complexity index is 465. The third-order valence-corrected chi connectivity index (χ3v) is 4.07. The summed E-state index contributed by atoms with van der Waals surface area (Å²) >= 11 is 11.5. The lowest BCUT2D eigenvalue weighted by Gasteiger charge is -2.30. The van der Waals surface area contributed by atoms with Crippen molar-refractivity contribution < 1.29 is 18.0 Å². The monoisotopic (exact) mass is 327 g/mol. The van der Waals surface area contributed by atoms with E-state index in [1.165, 1.54) is 12.1 Å². The largest absolute Gasteiger partial charge is 0.417 e. The molecule has 0 fully saturated rings. The van der Waals surface area contributed by atoms with Crippen molar-refractivity contribution in [2.24, 2.45) is 0 Å². The summed E-state index contributed by atoms with van der Waals surface area (Å²) in [5, 5.41) is 2.51. The van der Waals surface area contributed by atoms with Crippen LogP contribution in [0.25, 0.3) is 0 Å². The SMILES string of the molecule is CCC(CCl)(CCl)NC(=O)c1ccccc1C(F)(F)F. The summed E-state index contributed by atoms with van der Waals surface area (Å²) in [5.74, 6) is -0.791. The van der Waals surface area contributed by atoms with Gasteiger partial charge in [-0.05, 0) is 18.6 Å². The van der Waals surface area contributed by atoms with E-state index in [-0.39, 0.29) is 11.8 Å². The number of nitrogens with one attached hydrogen (secondary N) is 1. The molecule has 1 rings (SSSR count). The smallest absolute Gasteiger partial charge is 0.344 e. The van der Waals surface area contributed by atoms with Gasteiger partial charge in [-0.1, -0.05) is 19.1 Å². The maximum Gasteiger partial charge on any atom is 0.417 e. The highest BCUT2D eigenvalue weighted by atomic mass is 35.5. The molecule has 0 aliphatic rings. The first kappa shape index (κ1) is 17.1. The number of benzene rings is 1. The maximum atomic E-state index is 12.9. The molecule has 20 heavy (non-hydrogen) atoms. The molecule has 0 spiro atoms. The van der Waals surface area contributed by atoms with Crippen LogP contribution in [-0.2, 0) is 6.18 Å². The Hall–Kier alpha value is -0.940. The number of carbonyl (C=O) groups excluding carboxylic acids is 1. The van der Waals surface area contributed by atoms with Crippen LogP contribution in [0.15, 0.2) is 24.3 Å². The van der Waals surface area contributed by atoms with E-state index in [1.54, 1.807) is 6.92 Å². The number of carbonyl (C=O) groups is 1. The van der Waals surface area contributed by atoms with Gasteiger partial charge in [-0.15, -0.1) is 23.2 Å². The molecule has 0 bridgehead atoms. The van der Waals surface area contributed by atoms with Crippen LogP contribution < -0.4 is 5.32 Å². The molecule has 0 atom stereocenters. The molecule has 7 heteroatoms. The highest BCUT2D eigenvalue weighted by molar-refractivity contribution is 6.22. The van der Waals surface area contributed by atoms with Crippen LogP contribution in [0.3, 0.4) is 0 Å². The van der Waals surface area contributed by atoms with Crippen molar-refractivity contribution in [2.45, 2.75) is 25.1 Å². The molecule has 0 aromatic heterocycles. The summed E-state index contributed by atoms with van der Waals surface area (Å²) in [6.45, 7) is 1.75. The highest BCUT2D eigenvalue weighted by Gasteiger charge is 2.36. The van der Waals surface area contributed by atoms with Crippen molar-refractivity contribution in [3.8, 4) is 0 Å². The average molecular weight is 328 g/mol. The molecule has 1 aromatic rings. The Kier molecular flexibility index (Phi) is 5.71. The van der Waals surface area contributed by atoms with E-state index in [1.807, 2.05) is 0 Å². The molecule has 0 aliphatic heterocycles. The molecule has 0 heterocycles. The van der Waals surface area contributed by atoms with Crippen LogP contribution in [-0.4, -0.2) is 23.2 Å². The molecule has 112 valence electrons. The fraction of sp³-hybridized carbons (Fsp3) is 0.462.